The minimum absolute atomic E-state index is 0.367. The van der Waals surface area contributed by atoms with Crippen LogP contribution in [-0.2, 0) is 0 Å². The maximum Gasteiger partial charge on any atom is 0.172 e. The lowest BCUT2D eigenvalue weighted by molar-refractivity contribution is 1.28. The van der Waals surface area contributed by atoms with E-state index in [4.69, 9.17) is 11.6 Å². The second-order valence-corrected chi connectivity index (χ2v) is 5.40. The number of rotatable bonds is 2. The van der Waals surface area contributed by atoms with E-state index < -0.39 is 0 Å². The second-order valence-electron chi connectivity index (χ2n) is 5.04. The lowest BCUT2D eigenvalue weighted by atomic mass is 10.1. The van der Waals surface area contributed by atoms with Gasteiger partial charge in [-0.15, -0.1) is 0 Å². The first-order valence-corrected chi connectivity index (χ1v) is 7.35. The molecular formula is C18H12ClN3. The molecule has 4 heteroatoms. The minimum atomic E-state index is 0.367. The Kier molecular flexibility index (Phi) is 3.13. The van der Waals surface area contributed by atoms with Gasteiger partial charge in [-0.1, -0.05) is 54.1 Å². The Morgan fingerprint density at radius 1 is 0.727 bits per heavy atom. The third kappa shape index (κ3) is 2.36. The molecule has 0 aliphatic carbocycles. The highest BCUT2D eigenvalue weighted by atomic mass is 35.5. The maximum absolute atomic E-state index is 6.24. The summed E-state index contributed by atoms with van der Waals surface area (Å²) in [6, 6.07) is 22.0. The van der Waals surface area contributed by atoms with E-state index in [1.165, 1.54) is 5.39 Å². The highest BCUT2D eigenvalue weighted by Crippen LogP contribution is 2.26. The number of para-hydroxylation sites is 2. The molecule has 106 valence electrons. The Labute approximate surface area is 132 Å². The van der Waals surface area contributed by atoms with Crippen LogP contribution >= 0.6 is 11.6 Å². The van der Waals surface area contributed by atoms with Gasteiger partial charge in [0.2, 0.25) is 0 Å². The summed E-state index contributed by atoms with van der Waals surface area (Å²) in [6.45, 7) is 0. The van der Waals surface area contributed by atoms with E-state index in [0.29, 0.717) is 11.0 Å². The van der Waals surface area contributed by atoms with Gasteiger partial charge in [-0.05, 0) is 35.0 Å². The lowest BCUT2D eigenvalue weighted by Gasteiger charge is -2.09. The van der Waals surface area contributed by atoms with Crippen molar-refractivity contribution in [1.82, 2.24) is 9.97 Å². The van der Waals surface area contributed by atoms with Gasteiger partial charge >= 0.3 is 0 Å². The van der Waals surface area contributed by atoms with Gasteiger partial charge in [0.15, 0.2) is 11.0 Å². The Balaban J connectivity index is 1.76. The summed E-state index contributed by atoms with van der Waals surface area (Å²) in [5.41, 5.74) is 2.54. The standard InChI is InChI=1S/C18H12ClN3/c19-17-18(22-16-8-4-3-7-15(16)21-17)20-14-10-9-12-5-1-2-6-13(12)11-14/h1-11H,(H,20,22). The number of anilines is 2. The summed E-state index contributed by atoms with van der Waals surface area (Å²) in [6.07, 6.45) is 0. The second kappa shape index (κ2) is 5.28. The van der Waals surface area contributed by atoms with Gasteiger partial charge in [-0.3, -0.25) is 0 Å². The summed E-state index contributed by atoms with van der Waals surface area (Å²) < 4.78 is 0. The molecule has 0 saturated heterocycles. The largest absolute Gasteiger partial charge is 0.338 e. The van der Waals surface area contributed by atoms with Crippen molar-refractivity contribution >= 4 is 44.9 Å². The van der Waals surface area contributed by atoms with Crippen LogP contribution in [0.15, 0.2) is 66.7 Å². The fourth-order valence-corrected chi connectivity index (χ4v) is 2.64. The third-order valence-electron chi connectivity index (χ3n) is 3.54. The minimum Gasteiger partial charge on any atom is -0.338 e. The number of aromatic nitrogens is 2. The van der Waals surface area contributed by atoms with E-state index >= 15 is 0 Å². The molecule has 0 aliphatic heterocycles. The van der Waals surface area contributed by atoms with Crippen LogP contribution in [0.3, 0.4) is 0 Å². The van der Waals surface area contributed by atoms with Crippen molar-refractivity contribution in [3.63, 3.8) is 0 Å². The fraction of sp³-hybridized carbons (Fsp3) is 0. The number of hydrogen-bond acceptors (Lipinski definition) is 3. The summed E-state index contributed by atoms with van der Waals surface area (Å²) in [5.74, 6) is 0.565. The number of benzene rings is 3. The zero-order valence-electron chi connectivity index (χ0n) is 11.6. The van der Waals surface area contributed by atoms with Gasteiger partial charge < -0.3 is 5.32 Å². The summed E-state index contributed by atoms with van der Waals surface area (Å²) in [4.78, 5) is 8.92. The molecule has 0 amide bonds. The van der Waals surface area contributed by atoms with E-state index in [0.717, 1.165) is 22.1 Å². The zero-order valence-corrected chi connectivity index (χ0v) is 12.4. The number of hydrogen-bond donors (Lipinski definition) is 1. The first kappa shape index (κ1) is 13.0. The van der Waals surface area contributed by atoms with Crippen molar-refractivity contribution in [2.24, 2.45) is 0 Å². The Hall–Kier alpha value is -2.65. The molecule has 0 fully saturated rings. The molecule has 0 aliphatic rings. The first-order chi connectivity index (χ1) is 10.8. The molecule has 1 aromatic heterocycles. The smallest absolute Gasteiger partial charge is 0.172 e. The normalized spacial score (nSPS) is 11.0. The summed E-state index contributed by atoms with van der Waals surface area (Å²) in [5, 5.41) is 5.98. The quantitative estimate of drug-likeness (QED) is 0.554. The average molecular weight is 306 g/mol. The molecular weight excluding hydrogens is 294 g/mol. The molecule has 0 bridgehead atoms. The first-order valence-electron chi connectivity index (χ1n) is 6.98. The molecule has 4 rings (SSSR count). The van der Waals surface area contributed by atoms with Gasteiger partial charge in [0.25, 0.3) is 0 Å². The van der Waals surface area contributed by atoms with Crippen LogP contribution in [0.2, 0.25) is 5.15 Å². The summed E-state index contributed by atoms with van der Waals surface area (Å²) in [7, 11) is 0. The molecule has 0 atom stereocenters. The van der Waals surface area contributed by atoms with E-state index in [-0.39, 0.29) is 0 Å². The van der Waals surface area contributed by atoms with Gasteiger partial charge in [0.1, 0.15) is 0 Å². The topological polar surface area (TPSA) is 37.8 Å². The molecule has 4 aromatic rings. The molecule has 0 saturated carbocycles. The van der Waals surface area contributed by atoms with Crippen LogP contribution in [0.1, 0.15) is 0 Å². The monoisotopic (exact) mass is 305 g/mol. The van der Waals surface area contributed by atoms with Gasteiger partial charge in [-0.25, -0.2) is 9.97 Å². The summed E-state index contributed by atoms with van der Waals surface area (Å²) >= 11 is 6.24. The average Bonchev–Trinajstić information content (AvgIpc) is 2.55. The van der Waals surface area contributed by atoms with E-state index in [1.807, 2.05) is 42.5 Å². The van der Waals surface area contributed by atoms with Crippen molar-refractivity contribution in [3.05, 3.63) is 71.9 Å². The molecule has 0 radical (unpaired) electrons. The van der Waals surface area contributed by atoms with Crippen LogP contribution in [-0.4, -0.2) is 9.97 Å². The Morgan fingerprint density at radius 3 is 2.23 bits per heavy atom. The van der Waals surface area contributed by atoms with Crippen LogP contribution < -0.4 is 5.32 Å². The van der Waals surface area contributed by atoms with Gasteiger partial charge in [0.05, 0.1) is 11.0 Å². The van der Waals surface area contributed by atoms with Crippen molar-refractivity contribution in [2.75, 3.05) is 5.32 Å². The highest BCUT2D eigenvalue weighted by molar-refractivity contribution is 6.32. The van der Waals surface area contributed by atoms with Crippen LogP contribution in [0.5, 0.6) is 0 Å². The highest BCUT2D eigenvalue weighted by Gasteiger charge is 2.07. The third-order valence-corrected chi connectivity index (χ3v) is 3.80. The molecule has 0 spiro atoms. The molecule has 3 aromatic carbocycles. The fourth-order valence-electron chi connectivity index (χ4n) is 2.46. The lowest BCUT2D eigenvalue weighted by Crippen LogP contribution is -1.97. The van der Waals surface area contributed by atoms with Crippen LogP contribution in [0.25, 0.3) is 21.8 Å². The van der Waals surface area contributed by atoms with Crippen molar-refractivity contribution in [2.45, 2.75) is 0 Å². The molecule has 1 N–H and O–H groups in total. The predicted molar refractivity (Wildman–Crippen MR) is 91.8 cm³/mol. The number of halogens is 1. The molecule has 0 unspecified atom stereocenters. The van der Waals surface area contributed by atoms with Crippen LogP contribution in [0, 0.1) is 0 Å². The molecule has 3 nitrogen and oxygen atoms in total. The maximum atomic E-state index is 6.24. The van der Waals surface area contributed by atoms with E-state index in [2.05, 4.69) is 39.6 Å². The number of nitrogens with one attached hydrogen (secondary N) is 1. The Bertz CT molecular complexity index is 982. The molecule has 22 heavy (non-hydrogen) atoms. The SMILES string of the molecule is Clc1nc2ccccc2nc1Nc1ccc2ccccc2c1. The van der Waals surface area contributed by atoms with E-state index in [9.17, 15) is 0 Å². The Morgan fingerprint density at radius 2 is 1.41 bits per heavy atom. The zero-order chi connectivity index (χ0) is 14.9. The van der Waals surface area contributed by atoms with Crippen molar-refractivity contribution in [1.29, 1.82) is 0 Å². The van der Waals surface area contributed by atoms with E-state index in [1.54, 1.807) is 0 Å². The van der Waals surface area contributed by atoms with Gasteiger partial charge in [0, 0.05) is 5.69 Å². The predicted octanol–water partition coefficient (Wildman–Crippen LogP) is 5.18. The van der Waals surface area contributed by atoms with Crippen molar-refractivity contribution in [3.8, 4) is 0 Å². The number of nitrogens with zero attached hydrogens (tertiary/aromatic N) is 2. The van der Waals surface area contributed by atoms with Gasteiger partial charge in [-0.2, -0.15) is 0 Å². The number of fused-ring (bicyclic) bond motifs is 2. The molecule has 1 heterocycles. The van der Waals surface area contributed by atoms with Crippen LogP contribution in [0.4, 0.5) is 11.5 Å². The van der Waals surface area contributed by atoms with Crippen molar-refractivity contribution < 1.29 is 0 Å².